The summed E-state index contributed by atoms with van der Waals surface area (Å²) in [5, 5.41) is 1.92. The summed E-state index contributed by atoms with van der Waals surface area (Å²) < 4.78 is 179. The summed E-state index contributed by atoms with van der Waals surface area (Å²) in [6, 6.07) is 30.4. The van der Waals surface area contributed by atoms with Crippen LogP contribution in [0.4, 0.5) is 0 Å². The number of pyridine rings is 1. The molecule has 0 spiro atoms. The van der Waals surface area contributed by atoms with Crippen molar-refractivity contribution in [1.82, 2.24) is 14.1 Å². The molecule has 0 bridgehead atoms. The van der Waals surface area contributed by atoms with Gasteiger partial charge in [-0.15, -0.1) is 29.7 Å². The molecule has 0 unspecified atom stereocenters. The normalized spacial score (nSPS) is 15.0. The van der Waals surface area contributed by atoms with E-state index < -0.39 is 147 Å². The number of imidazole rings is 1. The Hall–Kier alpha value is -8.89. The largest absolute Gasteiger partial charge is 0.510 e. The number of benzene rings is 10. The van der Waals surface area contributed by atoms with Gasteiger partial charge in [-0.1, -0.05) is 219 Å². The van der Waals surface area contributed by atoms with Gasteiger partial charge in [-0.2, -0.15) is 18.2 Å². The number of ether oxygens (including phenoxy) is 1. The molecule has 0 N–H and O–H groups in total. The molecule has 0 aliphatic carbocycles. The minimum absolute atomic E-state index is 0. The Labute approximate surface area is 534 Å². The Kier molecular flexibility index (Phi) is 9.98. The van der Waals surface area contributed by atoms with Crippen molar-refractivity contribution in [3.8, 4) is 84.3 Å². The molecular weight excluding hydrogens is 1200 g/mol. The van der Waals surface area contributed by atoms with Crippen LogP contribution in [0.5, 0.6) is 11.5 Å². The van der Waals surface area contributed by atoms with Gasteiger partial charge in [0.15, 0.2) is 0 Å². The molecule has 0 saturated carbocycles. The summed E-state index contributed by atoms with van der Waals surface area (Å²) >= 11 is 0. The summed E-state index contributed by atoms with van der Waals surface area (Å²) in [5.74, 6) is 1.34. The molecule has 10 aromatic carbocycles. The third kappa shape index (κ3) is 10.7. The molecule has 3 heterocycles. The van der Waals surface area contributed by atoms with Crippen LogP contribution in [0.15, 0.2) is 236 Å². The van der Waals surface area contributed by atoms with Crippen LogP contribution < -0.4 is 9.30 Å². The third-order valence-electron chi connectivity index (χ3n) is 14.8. The fraction of sp³-hybridized carbons (Fsp3) is 0.154. The van der Waals surface area contributed by atoms with E-state index in [4.69, 9.17) is 22.1 Å². The van der Waals surface area contributed by atoms with Crippen LogP contribution in [0.1, 0.15) is 104 Å². The predicted octanol–water partition coefficient (Wildman–Crippen LogP) is 19.8. The van der Waals surface area contributed by atoms with Crippen LogP contribution in [-0.4, -0.2) is 14.1 Å². The molecule has 3 aromatic heterocycles. The SMILES string of the molecule is [2H]c1c([2H])c([2H])c(-c2cc(-c3cc(C(C)(C)C)cc(C(C)(C)C)c3)c(-[n+]3[c-]n(-c4[c-]c(Oc5[c-]c6c(cc5)c5ccccc5n6-c5cc(C(C)(C)C)ccn5)ccc4)c4ccccc43)c(-c3c([2H])c(-c4c([2H])c([2H])c([2H])c([2H])c4[2H])c([2H])c(-c4c([2H])c([2H])c([2H])c([2H])c4[2H])c3[2H])c2)c([2H])c1[2H].[Pt]. The Morgan fingerprint density at radius 1 is 0.464 bits per heavy atom. The number of para-hydroxylation sites is 3. The second-order valence-electron chi connectivity index (χ2n) is 23.6. The molecular formula is C78H66N4OPt-2. The smallest absolute Gasteiger partial charge is 0.268 e. The first-order valence-corrected chi connectivity index (χ1v) is 27.3. The van der Waals surface area contributed by atoms with Crippen LogP contribution in [0.2, 0.25) is 0 Å². The Balaban J connectivity index is 0.00000982. The van der Waals surface area contributed by atoms with Crippen molar-refractivity contribution in [3.05, 3.63) is 271 Å². The maximum Gasteiger partial charge on any atom is 0.268 e. The van der Waals surface area contributed by atoms with E-state index in [0.717, 1.165) is 38.5 Å². The minimum atomic E-state index is -0.881. The first-order valence-electron chi connectivity index (χ1n) is 36.3. The second kappa shape index (κ2) is 22.0. The average molecular weight is 1290 g/mol. The standard InChI is InChI=1S/C78H66N4O.Pt/c1-76(2,3)60-38-39-79-74(48-60)82-70-33-20-19-32-66(70)67-37-36-65(50-73(67)82)83-64-31-23-30-63(49-64)80-51-81(72-35-22-21-34-71(72)80)75-68(58-41-55(52-24-13-10-14-25-52)40-56(42-58)53-26-15-11-16-27-53)45-57(54-28-17-12-18-29-54)46-69(75)59-43-61(77(4,5)6)47-62(44-59)78(7,8)9;/h10-48H,1-9H3;/q-2;/i10D,11D,12D,13D,14D,15D,16D,17D,18D,24D,25D,26D,27D,28D,29D,40D,41D,42D;. The Morgan fingerprint density at radius 3 is 1.63 bits per heavy atom. The van der Waals surface area contributed by atoms with Gasteiger partial charge in [0.1, 0.15) is 5.82 Å². The van der Waals surface area contributed by atoms with Gasteiger partial charge < -0.3 is 13.9 Å². The molecule has 0 atom stereocenters. The second-order valence-corrected chi connectivity index (χ2v) is 23.6. The van der Waals surface area contributed by atoms with Gasteiger partial charge in [0, 0.05) is 44.3 Å². The average Bonchev–Trinajstić information content (AvgIpc) is 0.780. The fourth-order valence-electron chi connectivity index (χ4n) is 10.4. The first kappa shape index (κ1) is 38.1. The summed E-state index contributed by atoms with van der Waals surface area (Å²) in [7, 11) is 0. The van der Waals surface area contributed by atoms with E-state index >= 15 is 0 Å². The molecule has 0 fully saturated rings. The van der Waals surface area contributed by atoms with E-state index in [-0.39, 0.29) is 60.2 Å². The van der Waals surface area contributed by atoms with Crippen LogP contribution in [0.25, 0.3) is 106 Å². The van der Waals surface area contributed by atoms with Gasteiger partial charge >= 0.3 is 0 Å². The minimum Gasteiger partial charge on any atom is -0.510 e. The van der Waals surface area contributed by atoms with E-state index in [1.807, 2.05) is 102 Å². The van der Waals surface area contributed by atoms with Gasteiger partial charge in [-0.3, -0.25) is 4.57 Å². The van der Waals surface area contributed by atoms with Crippen LogP contribution in [0.3, 0.4) is 0 Å². The molecule has 84 heavy (non-hydrogen) atoms. The molecule has 0 aliphatic heterocycles. The van der Waals surface area contributed by atoms with E-state index in [1.54, 1.807) is 51.7 Å². The zero-order valence-corrected chi connectivity index (χ0v) is 49.9. The summed E-state index contributed by atoms with van der Waals surface area (Å²) in [6.07, 6.45) is 5.39. The van der Waals surface area contributed by atoms with Gasteiger partial charge in [0.25, 0.3) is 6.33 Å². The van der Waals surface area contributed by atoms with Gasteiger partial charge in [-0.25, -0.2) is 4.98 Å². The molecule has 6 heteroatoms. The first-order chi connectivity index (χ1) is 47.5. The number of hydrogen-bond acceptors (Lipinski definition) is 2. The molecule has 0 aliphatic rings. The number of nitrogens with zero attached hydrogens (tertiary/aromatic N) is 4. The van der Waals surface area contributed by atoms with Crippen molar-refractivity contribution in [2.45, 2.75) is 78.6 Å². The van der Waals surface area contributed by atoms with E-state index in [2.05, 4.69) is 62.0 Å². The summed E-state index contributed by atoms with van der Waals surface area (Å²) in [6.45, 7) is 18.7. The fourth-order valence-corrected chi connectivity index (χ4v) is 10.4. The monoisotopic (exact) mass is 1290 g/mol. The molecule has 0 amide bonds. The van der Waals surface area contributed by atoms with Gasteiger partial charge in [0.2, 0.25) is 0 Å². The van der Waals surface area contributed by atoms with Gasteiger partial charge in [-0.05, 0) is 148 Å². The van der Waals surface area contributed by atoms with E-state index in [9.17, 15) is 12.3 Å². The molecule has 13 aromatic rings. The van der Waals surface area contributed by atoms with Crippen LogP contribution >= 0.6 is 0 Å². The Bertz CT molecular complexity index is 5490. The van der Waals surface area contributed by atoms with Gasteiger partial charge in [0.05, 0.1) is 41.4 Å². The van der Waals surface area contributed by atoms with E-state index in [0.29, 0.717) is 33.9 Å². The zero-order chi connectivity index (χ0) is 72.9. The molecule has 0 radical (unpaired) electrons. The summed E-state index contributed by atoms with van der Waals surface area (Å²) in [4.78, 5) is 4.85. The topological polar surface area (TPSA) is 35.9 Å². The third-order valence-corrected chi connectivity index (χ3v) is 14.8. The van der Waals surface area contributed by atoms with Crippen LogP contribution in [-0.2, 0) is 37.3 Å². The predicted molar refractivity (Wildman–Crippen MR) is 343 cm³/mol. The Morgan fingerprint density at radius 2 is 1.01 bits per heavy atom. The molecule has 13 rings (SSSR count). The van der Waals surface area contributed by atoms with Crippen molar-refractivity contribution < 1.29 is 55.0 Å². The molecule has 0 saturated heterocycles. The van der Waals surface area contributed by atoms with Crippen molar-refractivity contribution >= 4 is 32.8 Å². The maximum atomic E-state index is 10.6. The number of hydrogen-bond donors (Lipinski definition) is 0. The quantitative estimate of drug-likeness (QED) is 0.101. The zero-order valence-electron chi connectivity index (χ0n) is 65.6. The number of aromatic nitrogens is 4. The van der Waals surface area contributed by atoms with Crippen molar-refractivity contribution in [3.63, 3.8) is 0 Å². The number of rotatable bonds is 10. The maximum absolute atomic E-state index is 10.6. The number of fused-ring (bicyclic) bond motifs is 4. The molecule has 5 nitrogen and oxygen atoms in total. The van der Waals surface area contributed by atoms with E-state index in [1.165, 1.54) is 6.07 Å². The van der Waals surface area contributed by atoms with Crippen molar-refractivity contribution in [1.29, 1.82) is 0 Å². The van der Waals surface area contributed by atoms with Crippen molar-refractivity contribution in [2.75, 3.05) is 0 Å². The molecule has 416 valence electrons. The van der Waals surface area contributed by atoms with Crippen LogP contribution in [0, 0.1) is 18.5 Å². The van der Waals surface area contributed by atoms with Crippen molar-refractivity contribution in [2.24, 2.45) is 0 Å². The summed E-state index contributed by atoms with van der Waals surface area (Å²) in [5.41, 5.74) is 1.71.